The summed E-state index contributed by atoms with van der Waals surface area (Å²) >= 11 is 1.61. The molecule has 2 aromatic carbocycles. The molecule has 1 heterocycles. The number of methoxy groups -OCH3 is 1. The number of aliphatic hydroxyl groups excluding tert-OH is 1. The smallest absolute Gasteiger partial charge is 0.251 e. The van der Waals surface area contributed by atoms with Crippen LogP contribution >= 0.6 is 23.7 Å². The van der Waals surface area contributed by atoms with Gasteiger partial charge in [0.05, 0.1) is 19.3 Å². The second-order valence-corrected chi connectivity index (χ2v) is 7.61. The predicted octanol–water partition coefficient (Wildman–Crippen LogP) is 3.67. The standard InChI is InChI=1S/C23H26N2O3S.ClH/c1-28-20-9-5-6-17(12-20)14-24-15-22(26)21(13-18-10-11-29-16-18)25-23(27)19-7-3-2-4-8-19;/h2-12,16,21-22,24,26H,13-15H2,1H3,(H,25,27);1H/t21-,22-;/m0./s1. The van der Waals surface area contributed by atoms with E-state index in [4.69, 9.17) is 4.74 Å². The van der Waals surface area contributed by atoms with Crippen LogP contribution < -0.4 is 15.4 Å². The molecule has 30 heavy (non-hydrogen) atoms. The zero-order valence-electron chi connectivity index (χ0n) is 16.8. The monoisotopic (exact) mass is 446 g/mol. The van der Waals surface area contributed by atoms with Gasteiger partial charge in [0.25, 0.3) is 5.91 Å². The minimum Gasteiger partial charge on any atom is -0.497 e. The number of hydrogen-bond acceptors (Lipinski definition) is 5. The SMILES string of the molecule is COc1cccc(CNC[C@H](O)[C@H](Cc2ccsc2)NC(=O)c2ccccc2)c1.Cl. The van der Waals surface area contributed by atoms with Gasteiger partial charge in [-0.25, -0.2) is 0 Å². The molecule has 2 atom stereocenters. The van der Waals surface area contributed by atoms with Crippen LogP contribution in [0.4, 0.5) is 0 Å². The van der Waals surface area contributed by atoms with E-state index < -0.39 is 12.1 Å². The van der Waals surface area contributed by atoms with Gasteiger partial charge in [0.2, 0.25) is 0 Å². The third-order valence-electron chi connectivity index (χ3n) is 4.67. The summed E-state index contributed by atoms with van der Waals surface area (Å²) in [6, 6.07) is 18.5. The lowest BCUT2D eigenvalue weighted by atomic mass is 10.0. The van der Waals surface area contributed by atoms with Crippen molar-refractivity contribution in [1.82, 2.24) is 10.6 Å². The van der Waals surface area contributed by atoms with E-state index in [0.717, 1.165) is 16.9 Å². The molecule has 0 saturated heterocycles. The normalized spacial score (nSPS) is 12.5. The summed E-state index contributed by atoms with van der Waals surface area (Å²) in [7, 11) is 1.64. The average Bonchev–Trinajstić information content (AvgIpc) is 3.27. The molecule has 0 aliphatic heterocycles. The molecule has 0 bridgehead atoms. The van der Waals surface area contributed by atoms with E-state index in [2.05, 4.69) is 10.6 Å². The minimum atomic E-state index is -0.729. The maximum atomic E-state index is 12.6. The highest BCUT2D eigenvalue weighted by atomic mass is 35.5. The van der Waals surface area contributed by atoms with Crippen LogP contribution in [0, 0.1) is 0 Å². The summed E-state index contributed by atoms with van der Waals surface area (Å²) in [5, 5.41) is 21.1. The number of amides is 1. The Bertz CT molecular complexity index is 890. The van der Waals surface area contributed by atoms with E-state index in [1.54, 1.807) is 30.6 Å². The van der Waals surface area contributed by atoms with Crippen LogP contribution in [-0.2, 0) is 13.0 Å². The molecule has 0 unspecified atom stereocenters. The van der Waals surface area contributed by atoms with Gasteiger partial charge in [0, 0.05) is 18.7 Å². The molecule has 0 aliphatic rings. The molecule has 7 heteroatoms. The Labute approximate surface area is 187 Å². The quantitative estimate of drug-likeness (QED) is 0.444. The van der Waals surface area contributed by atoms with Crippen molar-refractivity contribution in [2.24, 2.45) is 0 Å². The topological polar surface area (TPSA) is 70.6 Å². The van der Waals surface area contributed by atoms with Crippen LogP contribution in [-0.4, -0.2) is 36.8 Å². The number of halogens is 1. The third kappa shape index (κ3) is 7.15. The predicted molar refractivity (Wildman–Crippen MR) is 124 cm³/mol. The van der Waals surface area contributed by atoms with Gasteiger partial charge in [-0.2, -0.15) is 11.3 Å². The molecule has 160 valence electrons. The lowest BCUT2D eigenvalue weighted by Crippen LogP contribution is -2.48. The zero-order chi connectivity index (χ0) is 20.5. The highest BCUT2D eigenvalue weighted by Crippen LogP contribution is 2.13. The van der Waals surface area contributed by atoms with Crippen molar-refractivity contribution in [3.8, 4) is 5.75 Å². The minimum absolute atomic E-state index is 0. The van der Waals surface area contributed by atoms with Gasteiger partial charge in [-0.1, -0.05) is 30.3 Å². The van der Waals surface area contributed by atoms with Gasteiger partial charge in [0.15, 0.2) is 0 Å². The Kier molecular flexibility index (Phi) is 9.83. The maximum Gasteiger partial charge on any atom is 0.251 e. The van der Waals surface area contributed by atoms with Crippen LogP contribution in [0.3, 0.4) is 0 Å². The second-order valence-electron chi connectivity index (χ2n) is 6.83. The van der Waals surface area contributed by atoms with Crippen LogP contribution in [0.2, 0.25) is 0 Å². The summed E-state index contributed by atoms with van der Waals surface area (Å²) < 4.78 is 5.24. The molecule has 0 fully saturated rings. The Morgan fingerprint density at radius 3 is 2.60 bits per heavy atom. The summed E-state index contributed by atoms with van der Waals surface area (Å²) in [5.74, 6) is 0.619. The summed E-state index contributed by atoms with van der Waals surface area (Å²) in [4.78, 5) is 12.6. The number of aliphatic hydroxyl groups is 1. The van der Waals surface area contributed by atoms with Crippen molar-refractivity contribution in [3.05, 3.63) is 88.1 Å². The van der Waals surface area contributed by atoms with Crippen molar-refractivity contribution in [1.29, 1.82) is 0 Å². The molecule has 3 rings (SSSR count). The number of carbonyl (C=O) groups excluding carboxylic acids is 1. The average molecular weight is 447 g/mol. The highest BCUT2D eigenvalue weighted by molar-refractivity contribution is 7.07. The first-order valence-corrected chi connectivity index (χ1v) is 10.5. The van der Waals surface area contributed by atoms with Gasteiger partial charge in [-0.15, -0.1) is 12.4 Å². The molecule has 0 spiro atoms. The zero-order valence-corrected chi connectivity index (χ0v) is 18.4. The summed E-state index contributed by atoms with van der Waals surface area (Å²) in [6.07, 6.45) is -0.155. The fourth-order valence-electron chi connectivity index (χ4n) is 3.08. The molecular weight excluding hydrogens is 420 g/mol. The van der Waals surface area contributed by atoms with Crippen molar-refractivity contribution in [2.75, 3.05) is 13.7 Å². The number of hydrogen-bond donors (Lipinski definition) is 3. The van der Waals surface area contributed by atoms with Gasteiger partial charge in [-0.05, 0) is 58.6 Å². The Morgan fingerprint density at radius 1 is 1.10 bits per heavy atom. The van der Waals surface area contributed by atoms with Crippen LogP contribution in [0.1, 0.15) is 21.5 Å². The molecule has 0 aliphatic carbocycles. The fraction of sp³-hybridized carbons (Fsp3) is 0.261. The molecule has 3 aromatic rings. The van der Waals surface area contributed by atoms with E-state index in [1.807, 2.05) is 59.3 Å². The van der Waals surface area contributed by atoms with E-state index >= 15 is 0 Å². The molecule has 0 radical (unpaired) electrons. The number of nitrogens with one attached hydrogen (secondary N) is 2. The third-order valence-corrected chi connectivity index (χ3v) is 5.40. The first-order chi connectivity index (χ1) is 14.2. The molecular formula is C23H27ClN2O3S. The molecule has 0 saturated carbocycles. The van der Waals surface area contributed by atoms with Crippen molar-refractivity contribution in [3.63, 3.8) is 0 Å². The number of thiophene rings is 1. The van der Waals surface area contributed by atoms with Gasteiger partial charge in [-0.3, -0.25) is 4.79 Å². The fourth-order valence-corrected chi connectivity index (χ4v) is 3.76. The van der Waals surface area contributed by atoms with Gasteiger partial charge < -0.3 is 20.5 Å². The maximum absolute atomic E-state index is 12.6. The van der Waals surface area contributed by atoms with E-state index in [9.17, 15) is 9.90 Å². The number of ether oxygens (including phenoxy) is 1. The van der Waals surface area contributed by atoms with Crippen molar-refractivity contribution >= 4 is 29.7 Å². The molecule has 1 aromatic heterocycles. The van der Waals surface area contributed by atoms with E-state index in [0.29, 0.717) is 25.1 Å². The lowest BCUT2D eigenvalue weighted by Gasteiger charge is -2.24. The second kappa shape index (κ2) is 12.3. The van der Waals surface area contributed by atoms with Crippen molar-refractivity contribution < 1.29 is 14.6 Å². The molecule has 5 nitrogen and oxygen atoms in total. The lowest BCUT2D eigenvalue weighted by molar-refractivity contribution is 0.0830. The Morgan fingerprint density at radius 2 is 1.90 bits per heavy atom. The number of rotatable bonds is 10. The van der Waals surface area contributed by atoms with Crippen LogP contribution in [0.5, 0.6) is 5.75 Å². The largest absolute Gasteiger partial charge is 0.497 e. The van der Waals surface area contributed by atoms with Crippen LogP contribution in [0.15, 0.2) is 71.4 Å². The van der Waals surface area contributed by atoms with Crippen LogP contribution in [0.25, 0.3) is 0 Å². The summed E-state index contributed by atoms with van der Waals surface area (Å²) in [6.45, 7) is 0.965. The van der Waals surface area contributed by atoms with Gasteiger partial charge in [0.1, 0.15) is 5.75 Å². The summed E-state index contributed by atoms with van der Waals surface area (Å²) in [5.41, 5.74) is 2.75. The first-order valence-electron chi connectivity index (χ1n) is 9.54. The molecule has 1 amide bonds. The number of carbonyl (C=O) groups is 1. The Hall–Kier alpha value is -2.38. The molecule has 3 N–H and O–H groups in total. The van der Waals surface area contributed by atoms with Gasteiger partial charge >= 0.3 is 0 Å². The number of benzene rings is 2. The van der Waals surface area contributed by atoms with E-state index in [-0.39, 0.29) is 18.3 Å². The van der Waals surface area contributed by atoms with E-state index in [1.165, 1.54) is 0 Å². The highest BCUT2D eigenvalue weighted by Gasteiger charge is 2.22. The van der Waals surface area contributed by atoms with Crippen molar-refractivity contribution in [2.45, 2.75) is 25.1 Å². The first kappa shape index (κ1) is 23.9. The Balaban J connectivity index is 0.00000320.